The van der Waals surface area contributed by atoms with E-state index < -0.39 is 0 Å². The molecule has 36 heavy (non-hydrogen) atoms. The first-order valence-electron chi connectivity index (χ1n) is 12.2. The largest absolute Gasteiger partial charge is 0.482 e. The fraction of sp³-hybridized carbons (Fsp3) is 0.286. The van der Waals surface area contributed by atoms with E-state index in [4.69, 9.17) is 14.2 Å². The Morgan fingerprint density at radius 2 is 1.50 bits per heavy atom. The van der Waals surface area contributed by atoms with Gasteiger partial charge in [-0.3, -0.25) is 14.5 Å². The third-order valence-electron chi connectivity index (χ3n) is 6.85. The van der Waals surface area contributed by atoms with Crippen molar-refractivity contribution >= 4 is 17.5 Å². The molecule has 3 aromatic carbocycles. The number of piperazine rings is 1. The number of fused-ring (bicyclic) bond motifs is 2. The maximum Gasteiger partial charge on any atom is 0.265 e. The first-order valence-corrected chi connectivity index (χ1v) is 12.2. The van der Waals surface area contributed by atoms with Crippen LogP contribution < -0.4 is 19.1 Å². The third-order valence-corrected chi connectivity index (χ3v) is 6.85. The van der Waals surface area contributed by atoms with Crippen LogP contribution in [0.15, 0.2) is 66.7 Å². The summed E-state index contributed by atoms with van der Waals surface area (Å²) in [6.45, 7) is 4.57. The van der Waals surface area contributed by atoms with Gasteiger partial charge in [0.25, 0.3) is 11.8 Å². The highest BCUT2D eigenvalue weighted by atomic mass is 16.7. The number of carbonyl (C=O) groups excluding carboxylic acids is 2. The Hall–Kier alpha value is -4.04. The summed E-state index contributed by atoms with van der Waals surface area (Å²) < 4.78 is 16.4. The van der Waals surface area contributed by atoms with Crippen LogP contribution in [0.25, 0.3) is 0 Å². The number of nitrogens with zero attached hydrogens (tertiary/aromatic N) is 3. The van der Waals surface area contributed by atoms with Gasteiger partial charge in [-0.2, -0.15) is 0 Å². The molecule has 3 aliphatic rings. The second-order valence-electron chi connectivity index (χ2n) is 9.19. The van der Waals surface area contributed by atoms with E-state index in [0.717, 1.165) is 42.4 Å². The molecule has 0 bridgehead atoms. The van der Waals surface area contributed by atoms with Gasteiger partial charge in [-0.15, -0.1) is 0 Å². The zero-order valence-electron chi connectivity index (χ0n) is 19.9. The van der Waals surface area contributed by atoms with Gasteiger partial charge in [-0.05, 0) is 47.5 Å². The summed E-state index contributed by atoms with van der Waals surface area (Å²) in [6, 6.07) is 21.1. The van der Waals surface area contributed by atoms with Crippen LogP contribution in [0.2, 0.25) is 0 Å². The lowest BCUT2D eigenvalue weighted by atomic mass is 10.1. The van der Waals surface area contributed by atoms with Crippen LogP contribution in [0.5, 0.6) is 17.2 Å². The number of benzene rings is 3. The molecule has 3 aliphatic heterocycles. The summed E-state index contributed by atoms with van der Waals surface area (Å²) in [5, 5.41) is 0. The van der Waals surface area contributed by atoms with Gasteiger partial charge < -0.3 is 24.0 Å². The molecule has 2 amide bonds. The SMILES string of the molecule is O=C(c1ccc(CN2C(=O)COc3ccccc32)cc1)N1CCN(Cc2ccc3c(c2)OCO3)CC1. The minimum absolute atomic E-state index is 0.0359. The molecule has 8 nitrogen and oxygen atoms in total. The van der Waals surface area contributed by atoms with Crippen molar-refractivity contribution in [3.05, 3.63) is 83.4 Å². The Bertz CT molecular complexity index is 1280. The van der Waals surface area contributed by atoms with Crippen molar-refractivity contribution in [2.45, 2.75) is 13.1 Å². The Kier molecular flexibility index (Phi) is 5.95. The number of hydrogen-bond acceptors (Lipinski definition) is 6. The normalized spacial score (nSPS) is 17.1. The predicted octanol–water partition coefficient (Wildman–Crippen LogP) is 3.30. The quantitative estimate of drug-likeness (QED) is 0.552. The minimum atomic E-state index is -0.0764. The molecule has 1 fully saturated rings. The van der Waals surface area contributed by atoms with E-state index in [1.165, 1.54) is 5.56 Å². The lowest BCUT2D eigenvalue weighted by Crippen LogP contribution is -2.48. The molecule has 0 radical (unpaired) electrons. The second-order valence-corrected chi connectivity index (χ2v) is 9.19. The number of hydrogen-bond donors (Lipinski definition) is 0. The topological polar surface area (TPSA) is 71.6 Å². The Labute approximate surface area is 209 Å². The Morgan fingerprint density at radius 1 is 0.750 bits per heavy atom. The van der Waals surface area contributed by atoms with Crippen LogP contribution >= 0.6 is 0 Å². The molecule has 0 aliphatic carbocycles. The summed E-state index contributed by atoms with van der Waals surface area (Å²) in [5.74, 6) is 2.26. The number of amides is 2. The summed E-state index contributed by atoms with van der Waals surface area (Å²) in [6.07, 6.45) is 0. The van der Waals surface area contributed by atoms with E-state index in [1.54, 1.807) is 4.90 Å². The van der Waals surface area contributed by atoms with Gasteiger partial charge in [0, 0.05) is 38.3 Å². The van der Waals surface area contributed by atoms with Crippen LogP contribution in [0.4, 0.5) is 5.69 Å². The zero-order valence-corrected chi connectivity index (χ0v) is 19.9. The first kappa shape index (κ1) is 22.4. The van der Waals surface area contributed by atoms with Crippen molar-refractivity contribution in [1.82, 2.24) is 9.80 Å². The standard InChI is InChI=1S/C28H27N3O5/c32-27-18-34-24-4-2-1-3-23(24)31(27)17-20-5-8-22(9-6-20)28(33)30-13-11-29(12-14-30)16-21-7-10-25-26(15-21)36-19-35-25/h1-10,15H,11-14,16-19H2. The smallest absolute Gasteiger partial charge is 0.265 e. The molecular weight excluding hydrogens is 458 g/mol. The van der Waals surface area contributed by atoms with Crippen molar-refractivity contribution in [2.24, 2.45) is 0 Å². The molecule has 0 spiro atoms. The average Bonchev–Trinajstić information content (AvgIpc) is 3.39. The van der Waals surface area contributed by atoms with Gasteiger partial charge in [0.05, 0.1) is 12.2 Å². The molecular formula is C28H27N3O5. The maximum absolute atomic E-state index is 13.1. The number of para-hydroxylation sites is 2. The molecule has 0 aromatic heterocycles. The van der Waals surface area contributed by atoms with E-state index >= 15 is 0 Å². The molecule has 6 rings (SSSR count). The van der Waals surface area contributed by atoms with E-state index in [9.17, 15) is 9.59 Å². The van der Waals surface area contributed by atoms with Crippen LogP contribution in [-0.4, -0.2) is 61.2 Å². The highest BCUT2D eigenvalue weighted by molar-refractivity contribution is 5.98. The van der Waals surface area contributed by atoms with Crippen LogP contribution in [0.1, 0.15) is 21.5 Å². The predicted molar refractivity (Wildman–Crippen MR) is 133 cm³/mol. The highest BCUT2D eigenvalue weighted by Gasteiger charge is 2.26. The van der Waals surface area contributed by atoms with E-state index in [2.05, 4.69) is 11.0 Å². The van der Waals surface area contributed by atoms with Crippen molar-refractivity contribution in [3.63, 3.8) is 0 Å². The number of anilines is 1. The number of carbonyl (C=O) groups is 2. The zero-order chi connectivity index (χ0) is 24.5. The van der Waals surface area contributed by atoms with Gasteiger partial charge in [0.1, 0.15) is 5.75 Å². The van der Waals surface area contributed by atoms with E-state index in [-0.39, 0.29) is 25.2 Å². The fourth-order valence-corrected chi connectivity index (χ4v) is 4.85. The molecule has 0 saturated carbocycles. The minimum Gasteiger partial charge on any atom is -0.482 e. The van der Waals surface area contributed by atoms with Crippen molar-refractivity contribution in [3.8, 4) is 17.2 Å². The van der Waals surface area contributed by atoms with Gasteiger partial charge in [-0.1, -0.05) is 30.3 Å². The van der Waals surface area contributed by atoms with Gasteiger partial charge >= 0.3 is 0 Å². The summed E-state index contributed by atoms with van der Waals surface area (Å²) in [4.78, 5) is 31.6. The van der Waals surface area contributed by atoms with Crippen molar-refractivity contribution in [2.75, 3.05) is 44.5 Å². The van der Waals surface area contributed by atoms with Crippen LogP contribution in [0, 0.1) is 0 Å². The Morgan fingerprint density at radius 3 is 2.33 bits per heavy atom. The summed E-state index contributed by atoms with van der Waals surface area (Å²) in [7, 11) is 0. The molecule has 1 saturated heterocycles. The highest BCUT2D eigenvalue weighted by Crippen LogP contribution is 2.33. The molecule has 184 valence electrons. The first-order chi connectivity index (χ1) is 17.6. The Balaban J connectivity index is 1.05. The van der Waals surface area contributed by atoms with E-state index in [1.807, 2.05) is 65.6 Å². The van der Waals surface area contributed by atoms with Crippen molar-refractivity contribution < 1.29 is 23.8 Å². The van der Waals surface area contributed by atoms with Crippen LogP contribution in [-0.2, 0) is 17.9 Å². The average molecular weight is 486 g/mol. The molecule has 3 heterocycles. The fourth-order valence-electron chi connectivity index (χ4n) is 4.85. The maximum atomic E-state index is 13.1. The van der Waals surface area contributed by atoms with Crippen LogP contribution in [0.3, 0.4) is 0 Å². The third kappa shape index (κ3) is 4.47. The lowest BCUT2D eigenvalue weighted by molar-refractivity contribution is -0.121. The summed E-state index contributed by atoms with van der Waals surface area (Å²) >= 11 is 0. The molecule has 8 heteroatoms. The summed E-state index contributed by atoms with van der Waals surface area (Å²) in [5.41, 5.74) is 3.57. The van der Waals surface area contributed by atoms with Crippen molar-refractivity contribution in [1.29, 1.82) is 0 Å². The van der Waals surface area contributed by atoms with Gasteiger partial charge in [0.2, 0.25) is 6.79 Å². The van der Waals surface area contributed by atoms with Gasteiger partial charge in [0.15, 0.2) is 18.1 Å². The molecule has 3 aromatic rings. The number of rotatable bonds is 5. The number of ether oxygens (including phenoxy) is 3. The molecule has 0 N–H and O–H groups in total. The second kappa shape index (κ2) is 9.54. The monoisotopic (exact) mass is 485 g/mol. The van der Waals surface area contributed by atoms with E-state index in [0.29, 0.717) is 30.9 Å². The molecule has 0 unspecified atom stereocenters. The van der Waals surface area contributed by atoms with Gasteiger partial charge in [-0.25, -0.2) is 0 Å². The lowest BCUT2D eigenvalue weighted by Gasteiger charge is -2.35. The molecule has 0 atom stereocenters.